The Labute approximate surface area is 253 Å². The predicted molar refractivity (Wildman–Crippen MR) is 166 cm³/mol. The maximum atomic E-state index is 13.1. The number of hydrogen-bond donors (Lipinski definition) is 0. The van der Waals surface area contributed by atoms with E-state index in [1.807, 2.05) is 49.5 Å². The van der Waals surface area contributed by atoms with E-state index in [9.17, 15) is 14.4 Å². The summed E-state index contributed by atoms with van der Waals surface area (Å²) in [6.45, 7) is 9.04. The Kier molecular flexibility index (Phi) is 12.4. The molecule has 0 radical (unpaired) electrons. The summed E-state index contributed by atoms with van der Waals surface area (Å²) in [7, 11) is 1.70. The molecule has 11 heteroatoms. The SMILES string of the molecule is CCN1C(=O)C(C)(C)C(=O)N(C)c2cc(OCCCN(CCn3ccccc3=O)Cc3ccncc3)ccc21.Cl.Cl. The van der Waals surface area contributed by atoms with E-state index >= 15 is 0 Å². The molecule has 2 amide bonds. The Morgan fingerprint density at radius 3 is 2.34 bits per heavy atom. The third kappa shape index (κ3) is 7.87. The summed E-state index contributed by atoms with van der Waals surface area (Å²) < 4.78 is 7.81. The van der Waals surface area contributed by atoms with Crippen LogP contribution in [0.2, 0.25) is 0 Å². The summed E-state index contributed by atoms with van der Waals surface area (Å²) in [4.78, 5) is 47.9. The van der Waals surface area contributed by atoms with Crippen LogP contribution < -0.4 is 20.1 Å². The molecule has 1 aliphatic rings. The van der Waals surface area contributed by atoms with Gasteiger partial charge in [-0.1, -0.05) is 6.07 Å². The van der Waals surface area contributed by atoms with Gasteiger partial charge in [0.1, 0.15) is 11.2 Å². The second kappa shape index (κ2) is 15.0. The number of halogens is 2. The highest BCUT2D eigenvalue weighted by Crippen LogP contribution is 2.40. The molecule has 1 aliphatic heterocycles. The van der Waals surface area contributed by atoms with Gasteiger partial charge in [0.2, 0.25) is 11.8 Å². The van der Waals surface area contributed by atoms with Gasteiger partial charge in [0.15, 0.2) is 0 Å². The van der Waals surface area contributed by atoms with Crippen LogP contribution in [0, 0.1) is 5.41 Å². The first kappa shape index (κ1) is 33.8. The van der Waals surface area contributed by atoms with Gasteiger partial charge in [-0.15, -0.1) is 24.8 Å². The Morgan fingerprint density at radius 1 is 0.927 bits per heavy atom. The standard InChI is InChI=1S/C30H37N5O4.2ClH/c1-5-35-25-11-10-24(21-26(25)32(4)28(37)30(2,3)29(35)38)39-20-8-16-33(22-23-12-14-31-15-13-23)18-19-34-17-7-6-9-27(34)36;;/h6-7,9-15,17,21H,5,8,16,18-20,22H2,1-4H3;2*1H. The fraction of sp³-hybridized carbons (Fsp3) is 0.400. The van der Waals surface area contributed by atoms with Gasteiger partial charge in [0.25, 0.3) is 5.56 Å². The molecule has 3 aromatic rings. The molecule has 0 fully saturated rings. The summed E-state index contributed by atoms with van der Waals surface area (Å²) in [5, 5.41) is 0. The van der Waals surface area contributed by atoms with Gasteiger partial charge < -0.3 is 19.1 Å². The molecular formula is C30H39Cl2N5O4. The van der Waals surface area contributed by atoms with Crippen molar-refractivity contribution in [2.24, 2.45) is 5.41 Å². The Balaban J connectivity index is 0.00000294. The molecule has 0 saturated heterocycles. The van der Waals surface area contributed by atoms with Gasteiger partial charge >= 0.3 is 0 Å². The number of carbonyl (C=O) groups excluding carboxylic acids is 2. The summed E-state index contributed by atoms with van der Waals surface area (Å²) in [5.74, 6) is 0.195. The smallest absolute Gasteiger partial charge is 0.250 e. The van der Waals surface area contributed by atoms with Crippen LogP contribution in [0.3, 0.4) is 0 Å². The molecule has 2 aromatic heterocycles. The Hall–Kier alpha value is -3.40. The maximum absolute atomic E-state index is 13.1. The van der Waals surface area contributed by atoms with Crippen molar-refractivity contribution < 1.29 is 14.3 Å². The highest BCUT2D eigenvalue weighted by molar-refractivity contribution is 6.20. The second-order valence-corrected chi connectivity index (χ2v) is 10.3. The molecule has 0 N–H and O–H groups in total. The fourth-order valence-electron chi connectivity index (χ4n) is 4.86. The molecule has 3 heterocycles. The van der Waals surface area contributed by atoms with Crippen LogP contribution in [0.25, 0.3) is 0 Å². The highest BCUT2D eigenvalue weighted by atomic mass is 35.5. The van der Waals surface area contributed by atoms with Crippen molar-refractivity contribution in [1.82, 2.24) is 14.5 Å². The lowest BCUT2D eigenvalue weighted by molar-refractivity contribution is -0.137. The first-order valence-electron chi connectivity index (χ1n) is 13.4. The lowest BCUT2D eigenvalue weighted by Crippen LogP contribution is -2.47. The zero-order valence-electron chi connectivity index (χ0n) is 24.0. The first-order valence-corrected chi connectivity index (χ1v) is 13.4. The fourth-order valence-corrected chi connectivity index (χ4v) is 4.86. The van der Waals surface area contributed by atoms with Gasteiger partial charge in [0, 0.05) is 70.5 Å². The average Bonchev–Trinajstić information content (AvgIpc) is 2.99. The number of nitrogens with zero attached hydrogens (tertiary/aromatic N) is 5. The lowest BCUT2D eigenvalue weighted by atomic mass is 9.90. The summed E-state index contributed by atoms with van der Waals surface area (Å²) in [6, 6.07) is 14.7. The second-order valence-electron chi connectivity index (χ2n) is 10.3. The molecule has 1 aromatic carbocycles. The molecular weight excluding hydrogens is 565 g/mol. The molecule has 0 atom stereocenters. The number of rotatable bonds is 11. The molecule has 222 valence electrons. The number of ether oxygens (including phenoxy) is 1. The first-order chi connectivity index (χ1) is 18.7. The quantitative estimate of drug-likeness (QED) is 0.238. The molecule has 0 saturated carbocycles. The minimum absolute atomic E-state index is 0. The van der Waals surface area contributed by atoms with Crippen LogP contribution in [-0.2, 0) is 22.7 Å². The normalized spacial score (nSPS) is 14.2. The van der Waals surface area contributed by atoms with Crippen molar-refractivity contribution in [2.45, 2.75) is 40.3 Å². The number of benzene rings is 1. The summed E-state index contributed by atoms with van der Waals surface area (Å²) in [5.41, 5.74) is 1.36. The largest absolute Gasteiger partial charge is 0.493 e. The molecule has 41 heavy (non-hydrogen) atoms. The molecule has 0 unspecified atom stereocenters. The van der Waals surface area contributed by atoms with Crippen LogP contribution in [0.1, 0.15) is 32.8 Å². The predicted octanol–water partition coefficient (Wildman–Crippen LogP) is 4.41. The molecule has 4 rings (SSSR count). The number of fused-ring (bicyclic) bond motifs is 1. The number of carbonyl (C=O) groups is 2. The van der Waals surface area contributed by atoms with Crippen molar-refractivity contribution in [2.75, 3.05) is 43.1 Å². The van der Waals surface area contributed by atoms with Crippen LogP contribution in [-0.4, -0.2) is 59.6 Å². The number of aromatic nitrogens is 2. The van der Waals surface area contributed by atoms with Crippen LogP contribution in [0.5, 0.6) is 5.75 Å². The highest BCUT2D eigenvalue weighted by Gasteiger charge is 2.45. The van der Waals surface area contributed by atoms with E-state index in [0.717, 1.165) is 25.1 Å². The van der Waals surface area contributed by atoms with E-state index in [4.69, 9.17) is 4.74 Å². The van der Waals surface area contributed by atoms with E-state index in [1.165, 1.54) is 0 Å². The Morgan fingerprint density at radius 2 is 1.66 bits per heavy atom. The van der Waals surface area contributed by atoms with Gasteiger partial charge in [0.05, 0.1) is 18.0 Å². The monoisotopic (exact) mass is 603 g/mol. The van der Waals surface area contributed by atoms with Crippen LogP contribution in [0.4, 0.5) is 11.4 Å². The van der Waals surface area contributed by atoms with Crippen molar-refractivity contribution in [3.63, 3.8) is 0 Å². The topological polar surface area (TPSA) is 88.0 Å². The van der Waals surface area contributed by atoms with E-state index in [1.54, 1.807) is 59.8 Å². The van der Waals surface area contributed by atoms with Crippen molar-refractivity contribution in [3.8, 4) is 5.75 Å². The third-order valence-electron chi connectivity index (χ3n) is 7.13. The van der Waals surface area contributed by atoms with Gasteiger partial charge in [-0.05, 0) is 63.1 Å². The number of amides is 2. The van der Waals surface area contributed by atoms with Crippen LogP contribution >= 0.6 is 24.8 Å². The zero-order valence-corrected chi connectivity index (χ0v) is 25.6. The van der Waals surface area contributed by atoms with Gasteiger partial charge in [-0.2, -0.15) is 0 Å². The van der Waals surface area contributed by atoms with Gasteiger partial charge in [-0.25, -0.2) is 0 Å². The molecule has 9 nitrogen and oxygen atoms in total. The van der Waals surface area contributed by atoms with Crippen molar-refractivity contribution in [1.29, 1.82) is 0 Å². The van der Waals surface area contributed by atoms with Gasteiger partial charge in [-0.3, -0.25) is 24.3 Å². The number of pyridine rings is 2. The zero-order chi connectivity index (χ0) is 28.0. The lowest BCUT2D eigenvalue weighted by Gasteiger charge is -2.27. The maximum Gasteiger partial charge on any atom is 0.250 e. The molecule has 0 spiro atoms. The van der Waals surface area contributed by atoms with E-state index in [2.05, 4.69) is 9.88 Å². The van der Waals surface area contributed by atoms with Crippen molar-refractivity contribution >= 4 is 48.0 Å². The molecule has 0 bridgehead atoms. The minimum Gasteiger partial charge on any atom is -0.493 e. The number of anilines is 2. The molecule has 0 aliphatic carbocycles. The minimum atomic E-state index is -1.14. The van der Waals surface area contributed by atoms with Crippen LogP contribution in [0.15, 0.2) is 71.9 Å². The van der Waals surface area contributed by atoms with E-state index in [-0.39, 0.29) is 42.2 Å². The summed E-state index contributed by atoms with van der Waals surface area (Å²) >= 11 is 0. The number of hydrogen-bond acceptors (Lipinski definition) is 6. The van der Waals surface area contributed by atoms with E-state index in [0.29, 0.717) is 43.4 Å². The third-order valence-corrected chi connectivity index (χ3v) is 7.13. The average molecular weight is 605 g/mol. The Bertz CT molecular complexity index is 1370. The van der Waals surface area contributed by atoms with Crippen molar-refractivity contribution in [3.05, 3.63) is 83.0 Å². The van der Waals surface area contributed by atoms with E-state index < -0.39 is 5.41 Å². The summed E-state index contributed by atoms with van der Waals surface area (Å²) in [6.07, 6.45) is 6.15.